The molecule has 3 aromatic rings. The summed E-state index contributed by atoms with van der Waals surface area (Å²) in [7, 11) is 2.21. The molecule has 0 unspecified atom stereocenters. The molecule has 0 aliphatic heterocycles. The molecule has 0 atom stereocenters. The van der Waals surface area contributed by atoms with E-state index in [9.17, 15) is 22.8 Å². The molecule has 0 fully saturated rings. The minimum absolute atomic E-state index is 0.131. The summed E-state index contributed by atoms with van der Waals surface area (Å²) in [6.45, 7) is 2.04. The van der Waals surface area contributed by atoms with Gasteiger partial charge in [-0.25, -0.2) is 22.5 Å². The first kappa shape index (κ1) is 23.4. The maximum atomic E-state index is 12.5. The number of anilines is 1. The van der Waals surface area contributed by atoms with Crippen LogP contribution >= 0.6 is 0 Å². The van der Waals surface area contributed by atoms with Gasteiger partial charge in [-0.05, 0) is 31.0 Å². The first-order valence-electron chi connectivity index (χ1n) is 9.89. The van der Waals surface area contributed by atoms with Gasteiger partial charge in [-0.3, -0.25) is 18.7 Å². The molecule has 2 aromatic heterocycles. The molecular weight excluding hydrogens is 436 g/mol. The minimum atomic E-state index is -3.63. The molecule has 0 saturated carbocycles. The normalized spacial score (nSPS) is 11.9. The van der Waals surface area contributed by atoms with E-state index in [0.717, 1.165) is 8.87 Å². The number of fused-ring (bicyclic) bond motifs is 1. The van der Waals surface area contributed by atoms with Gasteiger partial charge in [-0.15, -0.1) is 0 Å². The van der Waals surface area contributed by atoms with Crippen molar-refractivity contribution in [3.63, 3.8) is 0 Å². The number of amides is 1. The number of aromatic nitrogens is 4. The fourth-order valence-electron chi connectivity index (χ4n) is 3.35. The van der Waals surface area contributed by atoms with Gasteiger partial charge in [0.15, 0.2) is 11.2 Å². The number of hydrogen-bond donors (Lipinski definition) is 1. The highest BCUT2D eigenvalue weighted by atomic mass is 32.2. The number of nitrogens with one attached hydrogen (secondary N) is 1. The Morgan fingerprint density at radius 1 is 1.16 bits per heavy atom. The van der Waals surface area contributed by atoms with Crippen LogP contribution in [0.5, 0.6) is 0 Å². The van der Waals surface area contributed by atoms with Crippen molar-refractivity contribution >= 4 is 32.8 Å². The van der Waals surface area contributed by atoms with Crippen molar-refractivity contribution in [3.05, 3.63) is 50.9 Å². The maximum Gasteiger partial charge on any atom is 0.332 e. The van der Waals surface area contributed by atoms with Gasteiger partial charge in [0.25, 0.3) is 5.56 Å². The topological polar surface area (TPSA) is 128 Å². The van der Waals surface area contributed by atoms with Gasteiger partial charge in [-0.1, -0.05) is 6.07 Å². The van der Waals surface area contributed by atoms with Crippen LogP contribution in [-0.4, -0.2) is 51.4 Å². The number of benzene rings is 1. The van der Waals surface area contributed by atoms with Gasteiger partial charge >= 0.3 is 5.69 Å². The Balaban J connectivity index is 1.71. The highest BCUT2D eigenvalue weighted by Crippen LogP contribution is 2.22. The first-order valence-corrected chi connectivity index (χ1v) is 11.3. The van der Waals surface area contributed by atoms with E-state index in [2.05, 4.69) is 10.3 Å². The quantitative estimate of drug-likeness (QED) is 0.542. The Morgan fingerprint density at radius 3 is 2.50 bits per heavy atom. The van der Waals surface area contributed by atoms with Crippen molar-refractivity contribution in [2.24, 2.45) is 14.1 Å². The van der Waals surface area contributed by atoms with Crippen molar-refractivity contribution in [2.45, 2.75) is 31.2 Å². The van der Waals surface area contributed by atoms with Gasteiger partial charge in [0, 0.05) is 46.8 Å². The molecule has 3 rings (SSSR count). The fraction of sp³-hybridized carbons (Fsp3) is 0.400. The number of carbonyl (C=O) groups excluding carboxylic acids is 1. The Hall–Kier alpha value is -3.25. The molecule has 12 heteroatoms. The highest BCUT2D eigenvalue weighted by molar-refractivity contribution is 7.89. The summed E-state index contributed by atoms with van der Waals surface area (Å²) in [5, 5.41) is 2.72. The SMILES string of the molecule is Cc1ccc(NC(=O)CCCn2cnc3c2c(=O)n(C)c(=O)n3C)cc1S(=O)(=O)N(C)C. The van der Waals surface area contributed by atoms with E-state index in [1.807, 2.05) is 0 Å². The fourth-order valence-corrected chi connectivity index (χ4v) is 4.50. The van der Waals surface area contributed by atoms with Crippen molar-refractivity contribution in [1.29, 1.82) is 0 Å². The third-order valence-electron chi connectivity index (χ3n) is 5.25. The van der Waals surface area contributed by atoms with Crippen LogP contribution in [0.4, 0.5) is 5.69 Å². The third-order valence-corrected chi connectivity index (χ3v) is 7.21. The number of sulfonamides is 1. The number of nitrogens with zero attached hydrogens (tertiary/aromatic N) is 5. The smallest absolute Gasteiger partial charge is 0.326 e. The Kier molecular flexibility index (Phi) is 6.37. The summed E-state index contributed by atoms with van der Waals surface area (Å²) in [5.74, 6) is -0.285. The van der Waals surface area contributed by atoms with Crippen molar-refractivity contribution in [3.8, 4) is 0 Å². The predicted molar refractivity (Wildman–Crippen MR) is 120 cm³/mol. The number of carbonyl (C=O) groups is 1. The Labute approximate surface area is 185 Å². The number of imidazole rings is 1. The molecule has 172 valence electrons. The van der Waals surface area contributed by atoms with E-state index in [0.29, 0.717) is 29.7 Å². The van der Waals surface area contributed by atoms with Crippen LogP contribution in [0.25, 0.3) is 11.2 Å². The van der Waals surface area contributed by atoms with E-state index in [1.165, 1.54) is 38.1 Å². The van der Waals surface area contributed by atoms with E-state index in [4.69, 9.17) is 0 Å². The molecule has 2 heterocycles. The van der Waals surface area contributed by atoms with E-state index >= 15 is 0 Å². The molecule has 0 bridgehead atoms. The van der Waals surface area contributed by atoms with Gasteiger partial charge in [0.1, 0.15) is 0 Å². The molecule has 11 nitrogen and oxygen atoms in total. The highest BCUT2D eigenvalue weighted by Gasteiger charge is 2.20. The van der Waals surface area contributed by atoms with Crippen LogP contribution < -0.4 is 16.6 Å². The van der Waals surface area contributed by atoms with Crippen LogP contribution in [0.2, 0.25) is 0 Å². The monoisotopic (exact) mass is 462 g/mol. The average Bonchev–Trinajstić information content (AvgIpc) is 3.16. The van der Waals surface area contributed by atoms with Crippen LogP contribution in [-0.2, 0) is 35.5 Å². The first-order chi connectivity index (χ1) is 14.9. The number of hydrogen-bond acceptors (Lipinski definition) is 6. The largest absolute Gasteiger partial charge is 0.332 e. The number of aryl methyl sites for hydroxylation is 3. The molecular formula is C20H26N6O5S. The molecule has 0 aliphatic carbocycles. The van der Waals surface area contributed by atoms with Crippen molar-refractivity contribution in [1.82, 2.24) is 23.0 Å². The van der Waals surface area contributed by atoms with Crippen LogP contribution in [0.1, 0.15) is 18.4 Å². The summed E-state index contributed by atoms with van der Waals surface area (Å²) < 4.78 is 30.0. The summed E-state index contributed by atoms with van der Waals surface area (Å²) in [4.78, 5) is 41.2. The minimum Gasteiger partial charge on any atom is -0.326 e. The van der Waals surface area contributed by atoms with Crippen molar-refractivity contribution in [2.75, 3.05) is 19.4 Å². The summed E-state index contributed by atoms with van der Waals surface area (Å²) in [6.07, 6.45) is 2.04. The zero-order chi connectivity index (χ0) is 23.8. The zero-order valence-electron chi connectivity index (χ0n) is 18.6. The van der Waals surface area contributed by atoms with Gasteiger partial charge in [-0.2, -0.15) is 0 Å². The zero-order valence-corrected chi connectivity index (χ0v) is 19.4. The van der Waals surface area contributed by atoms with Crippen LogP contribution in [0, 0.1) is 6.92 Å². The summed E-state index contributed by atoms with van der Waals surface area (Å²) >= 11 is 0. The van der Waals surface area contributed by atoms with Crippen LogP contribution in [0.3, 0.4) is 0 Å². The van der Waals surface area contributed by atoms with Gasteiger partial charge < -0.3 is 9.88 Å². The average molecular weight is 463 g/mol. The maximum absolute atomic E-state index is 12.5. The van der Waals surface area contributed by atoms with Crippen LogP contribution in [0.15, 0.2) is 39.0 Å². The second kappa shape index (κ2) is 8.71. The molecule has 0 saturated heterocycles. The molecule has 0 radical (unpaired) electrons. The molecule has 1 amide bonds. The van der Waals surface area contributed by atoms with Gasteiger partial charge in [0.05, 0.1) is 11.2 Å². The standard InChI is InChI=1S/C20H26N6O5S/c1-13-8-9-14(11-15(13)32(30,31)23(2)3)22-16(27)7-6-10-26-12-21-18-17(26)19(28)25(5)20(29)24(18)4/h8-9,11-12H,6-7,10H2,1-5H3,(H,22,27). The predicted octanol–water partition coefficient (Wildman–Crippen LogP) is 0.411. The lowest BCUT2D eigenvalue weighted by Gasteiger charge is -2.15. The third kappa shape index (κ3) is 4.23. The second-order valence-electron chi connectivity index (χ2n) is 7.74. The van der Waals surface area contributed by atoms with E-state index < -0.39 is 21.3 Å². The lowest BCUT2D eigenvalue weighted by atomic mass is 10.2. The molecule has 0 spiro atoms. The Bertz CT molecular complexity index is 1410. The van der Waals surface area contributed by atoms with Gasteiger partial charge in [0.2, 0.25) is 15.9 Å². The molecule has 1 N–H and O–H groups in total. The van der Waals surface area contributed by atoms with Crippen molar-refractivity contribution < 1.29 is 13.2 Å². The Morgan fingerprint density at radius 2 is 1.84 bits per heavy atom. The lowest BCUT2D eigenvalue weighted by molar-refractivity contribution is -0.116. The van der Waals surface area contributed by atoms with E-state index in [1.54, 1.807) is 30.7 Å². The molecule has 32 heavy (non-hydrogen) atoms. The van der Waals surface area contributed by atoms with E-state index in [-0.39, 0.29) is 22.9 Å². The molecule has 1 aromatic carbocycles. The summed E-state index contributed by atoms with van der Waals surface area (Å²) in [5.41, 5.74) is 0.654. The number of rotatable bonds is 7. The summed E-state index contributed by atoms with van der Waals surface area (Å²) in [6, 6.07) is 4.73. The lowest BCUT2D eigenvalue weighted by Crippen LogP contribution is -2.37. The molecule has 0 aliphatic rings. The second-order valence-corrected chi connectivity index (χ2v) is 9.86.